The van der Waals surface area contributed by atoms with Crippen molar-refractivity contribution in [2.24, 2.45) is 0 Å². The van der Waals surface area contributed by atoms with Crippen LogP contribution in [-0.2, 0) is 0 Å². The highest BCUT2D eigenvalue weighted by Gasteiger charge is 2.08. The van der Waals surface area contributed by atoms with Gasteiger partial charge < -0.3 is 5.32 Å². The molecule has 0 spiro atoms. The van der Waals surface area contributed by atoms with Gasteiger partial charge in [-0.15, -0.1) is 11.8 Å². The first-order valence-corrected chi connectivity index (χ1v) is 7.32. The van der Waals surface area contributed by atoms with Crippen LogP contribution < -0.4 is 5.32 Å². The Morgan fingerprint density at radius 1 is 1.20 bits per heavy atom. The number of carbonyl (C=O) groups is 1. The standard InChI is InChI=1S/C16H14N2OS/c1-11-3-4-12(10-17)9-15(11)18-16(19)13-5-7-14(20-2)8-6-13/h3-9H,1-2H3,(H,18,19). The number of amides is 1. The number of nitriles is 1. The lowest BCUT2D eigenvalue weighted by Gasteiger charge is -2.09. The molecule has 100 valence electrons. The monoisotopic (exact) mass is 282 g/mol. The molecule has 4 heteroatoms. The Labute approximate surface area is 122 Å². The number of anilines is 1. The van der Waals surface area contributed by atoms with Crippen molar-refractivity contribution in [1.82, 2.24) is 0 Å². The quantitative estimate of drug-likeness (QED) is 0.870. The molecule has 20 heavy (non-hydrogen) atoms. The number of hydrogen-bond donors (Lipinski definition) is 1. The highest BCUT2D eigenvalue weighted by Crippen LogP contribution is 2.19. The van der Waals surface area contributed by atoms with Gasteiger partial charge in [0, 0.05) is 16.1 Å². The number of benzene rings is 2. The molecule has 0 atom stereocenters. The highest BCUT2D eigenvalue weighted by molar-refractivity contribution is 7.98. The summed E-state index contributed by atoms with van der Waals surface area (Å²) in [6, 6.07) is 14.7. The van der Waals surface area contributed by atoms with E-state index in [1.807, 2.05) is 31.4 Å². The van der Waals surface area contributed by atoms with E-state index >= 15 is 0 Å². The minimum absolute atomic E-state index is 0.171. The van der Waals surface area contributed by atoms with E-state index in [4.69, 9.17) is 5.26 Å². The normalized spacial score (nSPS) is 9.85. The Balaban J connectivity index is 2.20. The molecule has 0 heterocycles. The summed E-state index contributed by atoms with van der Waals surface area (Å²) in [5.41, 5.74) is 2.73. The third-order valence-corrected chi connectivity index (χ3v) is 3.71. The summed E-state index contributed by atoms with van der Waals surface area (Å²) in [6.45, 7) is 1.90. The molecule has 0 saturated carbocycles. The zero-order valence-electron chi connectivity index (χ0n) is 11.3. The first-order valence-electron chi connectivity index (χ1n) is 6.10. The molecule has 0 radical (unpaired) electrons. The van der Waals surface area contributed by atoms with Gasteiger partial charge in [-0.3, -0.25) is 4.79 Å². The van der Waals surface area contributed by atoms with Gasteiger partial charge in [0.15, 0.2) is 0 Å². The van der Waals surface area contributed by atoms with Crippen LogP contribution in [0.5, 0.6) is 0 Å². The Kier molecular flexibility index (Phi) is 4.44. The SMILES string of the molecule is CSc1ccc(C(=O)Nc2cc(C#N)ccc2C)cc1. The minimum Gasteiger partial charge on any atom is -0.322 e. The molecule has 0 bridgehead atoms. The number of hydrogen-bond acceptors (Lipinski definition) is 3. The van der Waals surface area contributed by atoms with Gasteiger partial charge in [0.1, 0.15) is 0 Å². The molecule has 0 fully saturated rings. The fourth-order valence-corrected chi connectivity index (χ4v) is 2.17. The first-order chi connectivity index (χ1) is 9.63. The van der Waals surface area contributed by atoms with Gasteiger partial charge in [0.2, 0.25) is 0 Å². The van der Waals surface area contributed by atoms with Gasteiger partial charge in [-0.25, -0.2) is 0 Å². The van der Waals surface area contributed by atoms with E-state index in [1.54, 1.807) is 36.0 Å². The van der Waals surface area contributed by atoms with Crippen LogP contribution in [0.3, 0.4) is 0 Å². The maximum absolute atomic E-state index is 12.2. The van der Waals surface area contributed by atoms with Crippen LogP contribution in [0.15, 0.2) is 47.4 Å². The molecule has 0 unspecified atom stereocenters. The van der Waals surface area contributed by atoms with Crippen LogP contribution in [0.4, 0.5) is 5.69 Å². The highest BCUT2D eigenvalue weighted by atomic mass is 32.2. The summed E-state index contributed by atoms with van der Waals surface area (Å²) < 4.78 is 0. The molecular weight excluding hydrogens is 268 g/mol. The topological polar surface area (TPSA) is 52.9 Å². The number of thioether (sulfide) groups is 1. The van der Waals surface area contributed by atoms with Gasteiger partial charge >= 0.3 is 0 Å². The number of nitrogens with zero attached hydrogens (tertiary/aromatic N) is 1. The summed E-state index contributed by atoms with van der Waals surface area (Å²) >= 11 is 1.63. The molecule has 3 nitrogen and oxygen atoms in total. The molecule has 1 amide bonds. The van der Waals surface area contributed by atoms with Gasteiger partial charge in [0.25, 0.3) is 5.91 Å². The van der Waals surface area contributed by atoms with E-state index in [-0.39, 0.29) is 5.91 Å². The molecule has 2 aromatic rings. The second-order valence-corrected chi connectivity index (χ2v) is 5.20. The van der Waals surface area contributed by atoms with Crippen LogP contribution in [0, 0.1) is 18.3 Å². The van der Waals surface area contributed by atoms with Crippen molar-refractivity contribution in [3.05, 3.63) is 59.2 Å². The van der Waals surface area contributed by atoms with Crippen molar-refractivity contribution in [2.45, 2.75) is 11.8 Å². The van der Waals surface area contributed by atoms with Gasteiger partial charge in [-0.1, -0.05) is 6.07 Å². The molecule has 0 aromatic heterocycles. The molecule has 0 aliphatic rings. The van der Waals surface area contributed by atoms with Crippen molar-refractivity contribution in [3.63, 3.8) is 0 Å². The lowest BCUT2D eigenvalue weighted by molar-refractivity contribution is 0.102. The summed E-state index contributed by atoms with van der Waals surface area (Å²) in [4.78, 5) is 13.3. The number of carbonyl (C=O) groups excluding carboxylic acids is 1. The number of nitrogens with one attached hydrogen (secondary N) is 1. The predicted molar refractivity (Wildman–Crippen MR) is 82.1 cm³/mol. The maximum atomic E-state index is 12.2. The third-order valence-electron chi connectivity index (χ3n) is 2.97. The third kappa shape index (κ3) is 3.19. The Morgan fingerprint density at radius 3 is 2.50 bits per heavy atom. The van der Waals surface area contributed by atoms with Crippen molar-refractivity contribution >= 4 is 23.4 Å². The number of aryl methyl sites for hydroxylation is 1. The van der Waals surface area contributed by atoms with Crippen molar-refractivity contribution in [2.75, 3.05) is 11.6 Å². The molecule has 1 N–H and O–H groups in total. The van der Waals surface area contributed by atoms with Crippen LogP contribution in [0.1, 0.15) is 21.5 Å². The zero-order valence-corrected chi connectivity index (χ0v) is 12.1. The molecule has 2 aromatic carbocycles. The minimum atomic E-state index is -0.171. The zero-order chi connectivity index (χ0) is 14.5. The van der Waals surface area contributed by atoms with Gasteiger partial charge in [-0.05, 0) is 55.1 Å². The Hall–Kier alpha value is -2.25. The van der Waals surface area contributed by atoms with E-state index in [1.165, 1.54) is 0 Å². The largest absolute Gasteiger partial charge is 0.322 e. The molecular formula is C16H14N2OS. The predicted octanol–water partition coefficient (Wildman–Crippen LogP) is 3.84. The lowest BCUT2D eigenvalue weighted by atomic mass is 10.1. The number of rotatable bonds is 3. The average molecular weight is 282 g/mol. The molecule has 0 saturated heterocycles. The van der Waals surface area contributed by atoms with Crippen LogP contribution in [-0.4, -0.2) is 12.2 Å². The molecule has 2 rings (SSSR count). The first kappa shape index (κ1) is 14.2. The average Bonchev–Trinajstić information content (AvgIpc) is 2.49. The lowest BCUT2D eigenvalue weighted by Crippen LogP contribution is -2.12. The van der Waals surface area contributed by atoms with E-state index < -0.39 is 0 Å². The van der Waals surface area contributed by atoms with Crippen LogP contribution in [0.2, 0.25) is 0 Å². The van der Waals surface area contributed by atoms with Crippen molar-refractivity contribution in [1.29, 1.82) is 5.26 Å². The molecule has 0 aliphatic heterocycles. The molecule has 0 aliphatic carbocycles. The second-order valence-electron chi connectivity index (χ2n) is 4.32. The van der Waals surface area contributed by atoms with Crippen molar-refractivity contribution < 1.29 is 4.79 Å². The van der Waals surface area contributed by atoms with Crippen LogP contribution in [0.25, 0.3) is 0 Å². The van der Waals surface area contributed by atoms with E-state index in [0.29, 0.717) is 16.8 Å². The van der Waals surface area contributed by atoms with E-state index in [9.17, 15) is 4.79 Å². The van der Waals surface area contributed by atoms with Gasteiger partial charge in [0.05, 0.1) is 11.6 Å². The second kappa shape index (κ2) is 6.27. The summed E-state index contributed by atoms with van der Waals surface area (Å²) in [7, 11) is 0. The smallest absolute Gasteiger partial charge is 0.255 e. The van der Waals surface area contributed by atoms with Crippen molar-refractivity contribution in [3.8, 4) is 6.07 Å². The fourth-order valence-electron chi connectivity index (χ4n) is 1.76. The summed E-state index contributed by atoms with van der Waals surface area (Å²) in [5, 5.41) is 11.7. The van der Waals surface area contributed by atoms with Crippen LogP contribution >= 0.6 is 11.8 Å². The van der Waals surface area contributed by atoms with E-state index in [2.05, 4.69) is 11.4 Å². The Bertz CT molecular complexity index is 672. The van der Waals surface area contributed by atoms with Gasteiger partial charge in [-0.2, -0.15) is 5.26 Å². The summed E-state index contributed by atoms with van der Waals surface area (Å²) in [6.07, 6.45) is 1.99. The summed E-state index contributed by atoms with van der Waals surface area (Å²) in [5.74, 6) is -0.171. The Morgan fingerprint density at radius 2 is 1.90 bits per heavy atom. The maximum Gasteiger partial charge on any atom is 0.255 e. The fraction of sp³-hybridized carbons (Fsp3) is 0.125. The van der Waals surface area contributed by atoms with E-state index in [0.717, 1.165) is 10.5 Å².